The quantitative estimate of drug-likeness (QED) is 0.775. The summed E-state index contributed by atoms with van der Waals surface area (Å²) in [5.74, 6) is 0.139. The monoisotopic (exact) mass is 395 g/mol. The lowest BCUT2D eigenvalue weighted by atomic mass is 10.4. The summed E-state index contributed by atoms with van der Waals surface area (Å²) in [4.78, 5) is 0. The molecule has 6 nitrogen and oxygen atoms in total. The molecule has 0 bridgehead atoms. The van der Waals surface area contributed by atoms with Crippen LogP contribution >= 0.6 is 22.9 Å². The summed E-state index contributed by atoms with van der Waals surface area (Å²) in [7, 11) is -7.17. The molecule has 2 aromatic rings. The van der Waals surface area contributed by atoms with Crippen molar-refractivity contribution in [3.63, 3.8) is 0 Å². The maximum absolute atomic E-state index is 12.5. The van der Waals surface area contributed by atoms with Crippen molar-refractivity contribution in [3.05, 3.63) is 40.6 Å². The van der Waals surface area contributed by atoms with E-state index in [1.165, 1.54) is 22.7 Å². The average Bonchev–Trinajstić information content (AvgIpc) is 3.18. The number of thiophene rings is 1. The average molecular weight is 396 g/mol. The Hall–Kier alpha value is -0.870. The van der Waals surface area contributed by atoms with Crippen molar-refractivity contribution < 1.29 is 21.3 Å². The van der Waals surface area contributed by atoms with Gasteiger partial charge in [-0.1, -0.05) is 11.6 Å². The van der Waals surface area contributed by atoms with Crippen LogP contribution in [0.2, 0.25) is 4.34 Å². The van der Waals surface area contributed by atoms with E-state index in [9.17, 15) is 16.8 Å². The number of hydrogen-bond acceptors (Lipinski definition) is 6. The van der Waals surface area contributed by atoms with Gasteiger partial charge in [0.05, 0.1) is 15.8 Å². The summed E-state index contributed by atoms with van der Waals surface area (Å²) >= 11 is 6.75. The molecule has 3 heterocycles. The van der Waals surface area contributed by atoms with E-state index < -0.39 is 25.1 Å². The maximum atomic E-state index is 12.5. The molecule has 0 spiro atoms. The van der Waals surface area contributed by atoms with Crippen LogP contribution < -0.4 is 0 Å². The Kier molecular flexibility index (Phi) is 4.58. The lowest BCUT2D eigenvalue weighted by Crippen LogP contribution is -2.32. The highest BCUT2D eigenvalue weighted by molar-refractivity contribution is 7.92. The first kappa shape index (κ1) is 17.0. The van der Waals surface area contributed by atoms with Crippen molar-refractivity contribution in [2.24, 2.45) is 0 Å². The summed E-state index contributed by atoms with van der Waals surface area (Å²) in [5, 5.41) is -0.724. The predicted octanol–water partition coefficient (Wildman–Crippen LogP) is 2.37. The molecule has 0 unspecified atom stereocenters. The number of nitrogens with zero attached hydrogens (tertiary/aromatic N) is 1. The van der Waals surface area contributed by atoms with E-state index in [0.29, 0.717) is 10.1 Å². The SMILES string of the molecule is O=S(=O)(Cc1ccco1)[C@@H]1CCN(S(=O)(=O)c2ccc(Cl)s2)C1. The molecule has 0 aliphatic carbocycles. The topological polar surface area (TPSA) is 84.7 Å². The second kappa shape index (κ2) is 6.21. The number of sulfonamides is 1. The van der Waals surface area contributed by atoms with Crippen LogP contribution in [-0.2, 0) is 25.6 Å². The fourth-order valence-electron chi connectivity index (χ4n) is 2.48. The molecule has 1 aliphatic rings. The third-order valence-corrected chi connectivity index (χ3v) is 9.33. The van der Waals surface area contributed by atoms with Gasteiger partial charge in [-0.2, -0.15) is 4.31 Å². The predicted molar refractivity (Wildman–Crippen MR) is 87.8 cm³/mol. The lowest BCUT2D eigenvalue weighted by Gasteiger charge is -2.15. The van der Waals surface area contributed by atoms with E-state index in [1.807, 2.05) is 0 Å². The highest BCUT2D eigenvalue weighted by Gasteiger charge is 2.39. The molecule has 1 atom stereocenters. The van der Waals surface area contributed by atoms with E-state index in [2.05, 4.69) is 0 Å². The molecular formula is C13H14ClNO5S3. The molecule has 1 fully saturated rings. The van der Waals surface area contributed by atoms with Gasteiger partial charge in [-0.3, -0.25) is 0 Å². The summed E-state index contributed by atoms with van der Waals surface area (Å²) < 4.78 is 56.6. The molecular weight excluding hydrogens is 382 g/mol. The highest BCUT2D eigenvalue weighted by atomic mass is 35.5. The molecule has 0 radical (unpaired) electrons. The lowest BCUT2D eigenvalue weighted by molar-refractivity contribution is 0.478. The second-order valence-electron chi connectivity index (χ2n) is 5.22. The van der Waals surface area contributed by atoms with Gasteiger partial charge in [0.2, 0.25) is 0 Å². The maximum Gasteiger partial charge on any atom is 0.252 e. The molecule has 3 rings (SSSR count). The van der Waals surface area contributed by atoms with Crippen molar-refractivity contribution in [1.82, 2.24) is 4.31 Å². The van der Waals surface area contributed by atoms with Crippen LogP contribution in [0.25, 0.3) is 0 Å². The fourth-order valence-corrected chi connectivity index (χ4v) is 7.38. The summed E-state index contributed by atoms with van der Waals surface area (Å²) in [5.41, 5.74) is 0. The molecule has 2 aromatic heterocycles. The zero-order valence-electron chi connectivity index (χ0n) is 11.9. The minimum Gasteiger partial charge on any atom is -0.468 e. The minimum absolute atomic E-state index is 0.0408. The van der Waals surface area contributed by atoms with Crippen molar-refractivity contribution >= 4 is 42.8 Å². The van der Waals surface area contributed by atoms with Crippen LogP contribution in [0.5, 0.6) is 0 Å². The Bertz CT molecular complexity index is 886. The van der Waals surface area contributed by atoms with Crippen molar-refractivity contribution in [3.8, 4) is 0 Å². The van der Waals surface area contributed by atoms with Crippen LogP contribution in [0.15, 0.2) is 39.2 Å². The number of hydrogen-bond donors (Lipinski definition) is 0. The minimum atomic E-state index is -3.69. The summed E-state index contributed by atoms with van der Waals surface area (Å²) in [6.45, 7) is 0.140. The number of rotatable bonds is 5. The van der Waals surface area contributed by atoms with Crippen LogP contribution in [0, 0.1) is 0 Å². The molecule has 10 heteroatoms. The van der Waals surface area contributed by atoms with Crippen LogP contribution in [0.4, 0.5) is 0 Å². The first-order valence-corrected chi connectivity index (χ1v) is 11.1. The van der Waals surface area contributed by atoms with E-state index >= 15 is 0 Å². The van der Waals surface area contributed by atoms with Crippen LogP contribution in [-0.4, -0.2) is 39.5 Å². The molecule has 0 amide bonds. The Morgan fingerprint density at radius 3 is 2.65 bits per heavy atom. The zero-order valence-corrected chi connectivity index (χ0v) is 15.1. The van der Waals surface area contributed by atoms with Crippen molar-refractivity contribution in [2.45, 2.75) is 21.6 Å². The number of sulfone groups is 1. The van der Waals surface area contributed by atoms with Gasteiger partial charge in [0.25, 0.3) is 10.0 Å². The fraction of sp³-hybridized carbons (Fsp3) is 0.385. The van der Waals surface area contributed by atoms with Crippen molar-refractivity contribution in [1.29, 1.82) is 0 Å². The van der Waals surface area contributed by atoms with Gasteiger partial charge in [-0.05, 0) is 30.7 Å². The standard InChI is InChI=1S/C13H14ClNO5S3/c14-12-3-4-13(21-12)23(18,19)15-6-5-11(8-15)22(16,17)9-10-2-1-7-20-10/h1-4,7,11H,5-6,8-9H2/t11-/m1/s1. The molecule has 1 aliphatic heterocycles. The summed E-state index contributed by atoms with van der Waals surface area (Å²) in [6, 6.07) is 6.17. The first-order chi connectivity index (χ1) is 10.8. The Balaban J connectivity index is 1.75. The molecule has 126 valence electrons. The van der Waals surface area contributed by atoms with E-state index in [1.54, 1.807) is 12.1 Å². The number of halogens is 1. The van der Waals surface area contributed by atoms with Gasteiger partial charge in [-0.25, -0.2) is 16.8 Å². The van der Waals surface area contributed by atoms with Gasteiger partial charge in [0.15, 0.2) is 9.84 Å². The third-order valence-electron chi connectivity index (χ3n) is 3.68. The Morgan fingerprint density at radius 1 is 1.26 bits per heavy atom. The zero-order chi connectivity index (χ0) is 16.7. The Morgan fingerprint density at radius 2 is 2.04 bits per heavy atom. The van der Waals surface area contributed by atoms with Gasteiger partial charge in [0, 0.05) is 13.1 Å². The molecule has 0 N–H and O–H groups in total. The highest BCUT2D eigenvalue weighted by Crippen LogP contribution is 2.31. The molecule has 1 saturated heterocycles. The van der Waals surface area contributed by atoms with E-state index in [-0.39, 0.29) is 29.5 Å². The summed E-state index contributed by atoms with van der Waals surface area (Å²) in [6.07, 6.45) is 1.69. The third kappa shape index (κ3) is 3.48. The normalized spacial score (nSPS) is 20.1. The number of furan rings is 1. The Labute approximate surface area is 143 Å². The van der Waals surface area contributed by atoms with Gasteiger partial charge in [0.1, 0.15) is 15.7 Å². The molecule has 0 saturated carbocycles. The molecule has 0 aromatic carbocycles. The largest absolute Gasteiger partial charge is 0.468 e. The van der Waals surface area contributed by atoms with Gasteiger partial charge in [-0.15, -0.1) is 11.3 Å². The molecule has 23 heavy (non-hydrogen) atoms. The second-order valence-corrected chi connectivity index (χ2v) is 11.4. The van der Waals surface area contributed by atoms with Crippen LogP contribution in [0.1, 0.15) is 12.2 Å². The smallest absolute Gasteiger partial charge is 0.252 e. The van der Waals surface area contributed by atoms with Gasteiger partial charge >= 0.3 is 0 Å². The van der Waals surface area contributed by atoms with E-state index in [0.717, 1.165) is 11.3 Å². The van der Waals surface area contributed by atoms with Crippen LogP contribution in [0.3, 0.4) is 0 Å². The van der Waals surface area contributed by atoms with Crippen molar-refractivity contribution in [2.75, 3.05) is 13.1 Å². The first-order valence-electron chi connectivity index (χ1n) is 6.78. The van der Waals surface area contributed by atoms with Gasteiger partial charge < -0.3 is 4.42 Å². The van der Waals surface area contributed by atoms with E-state index in [4.69, 9.17) is 16.0 Å².